The third-order valence-electron chi connectivity index (χ3n) is 2.55. The Morgan fingerprint density at radius 3 is 2.61 bits per heavy atom. The summed E-state index contributed by atoms with van der Waals surface area (Å²) in [6, 6.07) is 15.0. The molecule has 0 amide bonds. The summed E-state index contributed by atoms with van der Waals surface area (Å²) in [5.41, 5.74) is 0. The van der Waals surface area contributed by atoms with Gasteiger partial charge in [-0.05, 0) is 30.8 Å². The van der Waals surface area contributed by atoms with Gasteiger partial charge >= 0.3 is 0 Å². The molecule has 1 nitrogen and oxygen atoms in total. The molecule has 96 valence electrons. The monoisotopic (exact) mass is 297 g/mol. The molecule has 1 atom stereocenters. The molecule has 1 unspecified atom stereocenters. The zero-order chi connectivity index (χ0) is 12.8. The van der Waals surface area contributed by atoms with E-state index in [4.69, 9.17) is 11.6 Å². The Kier molecular flexibility index (Phi) is 5.57. The highest BCUT2D eigenvalue weighted by atomic mass is 35.5. The first-order valence-corrected chi connectivity index (χ1v) is 8.14. The van der Waals surface area contributed by atoms with E-state index in [1.807, 2.05) is 23.9 Å². The third kappa shape index (κ3) is 4.02. The number of rotatable bonds is 6. The van der Waals surface area contributed by atoms with Crippen molar-refractivity contribution in [3.63, 3.8) is 0 Å². The van der Waals surface area contributed by atoms with Gasteiger partial charge in [-0.1, -0.05) is 36.7 Å². The molecule has 1 heterocycles. The molecule has 2 rings (SSSR count). The highest BCUT2D eigenvalue weighted by Crippen LogP contribution is 2.30. The minimum atomic E-state index is 0.373. The lowest BCUT2D eigenvalue weighted by Crippen LogP contribution is -2.21. The minimum Gasteiger partial charge on any atom is -0.309 e. The van der Waals surface area contributed by atoms with Crippen molar-refractivity contribution in [2.45, 2.75) is 17.9 Å². The van der Waals surface area contributed by atoms with Crippen molar-refractivity contribution < 1.29 is 0 Å². The molecule has 2 aromatic rings. The first-order valence-electron chi connectivity index (χ1n) is 5.96. The van der Waals surface area contributed by atoms with Gasteiger partial charge in [0.25, 0.3) is 0 Å². The van der Waals surface area contributed by atoms with Crippen molar-refractivity contribution in [1.82, 2.24) is 5.32 Å². The van der Waals surface area contributed by atoms with E-state index in [9.17, 15) is 0 Å². The lowest BCUT2D eigenvalue weighted by molar-refractivity contribution is 0.615. The van der Waals surface area contributed by atoms with Gasteiger partial charge < -0.3 is 5.32 Å². The molecule has 0 spiro atoms. The summed E-state index contributed by atoms with van der Waals surface area (Å²) in [5.74, 6) is 1.02. The van der Waals surface area contributed by atoms with Crippen LogP contribution in [0.4, 0.5) is 0 Å². The number of nitrogens with one attached hydrogen (secondary N) is 1. The molecule has 1 aromatic heterocycles. The molecule has 0 aliphatic heterocycles. The molecular weight excluding hydrogens is 282 g/mol. The van der Waals surface area contributed by atoms with Gasteiger partial charge in [-0.3, -0.25) is 0 Å². The Morgan fingerprint density at radius 2 is 2.00 bits per heavy atom. The lowest BCUT2D eigenvalue weighted by atomic mass is 10.3. The quantitative estimate of drug-likeness (QED) is 0.765. The number of halogens is 1. The van der Waals surface area contributed by atoms with Crippen molar-refractivity contribution in [2.24, 2.45) is 0 Å². The van der Waals surface area contributed by atoms with Gasteiger partial charge in [0.1, 0.15) is 0 Å². The molecule has 0 saturated heterocycles. The lowest BCUT2D eigenvalue weighted by Gasteiger charge is -2.15. The summed E-state index contributed by atoms with van der Waals surface area (Å²) >= 11 is 9.54. The van der Waals surface area contributed by atoms with Crippen LogP contribution in [0.5, 0.6) is 0 Å². The fourth-order valence-electron chi connectivity index (χ4n) is 1.70. The SMILES string of the molecule is CCNC(CSc1ccccc1)c1ccc(Cl)s1. The summed E-state index contributed by atoms with van der Waals surface area (Å²) in [4.78, 5) is 2.62. The van der Waals surface area contributed by atoms with Crippen LogP contribution in [0.3, 0.4) is 0 Å². The predicted molar refractivity (Wildman–Crippen MR) is 82.9 cm³/mol. The second-order valence-electron chi connectivity index (χ2n) is 3.88. The van der Waals surface area contributed by atoms with Gasteiger partial charge in [0, 0.05) is 15.5 Å². The molecule has 1 N–H and O–H groups in total. The van der Waals surface area contributed by atoms with Gasteiger partial charge in [-0.25, -0.2) is 0 Å². The van der Waals surface area contributed by atoms with Crippen molar-refractivity contribution in [2.75, 3.05) is 12.3 Å². The van der Waals surface area contributed by atoms with E-state index in [2.05, 4.69) is 42.6 Å². The average Bonchev–Trinajstić information content (AvgIpc) is 2.82. The van der Waals surface area contributed by atoms with Crippen LogP contribution in [0.15, 0.2) is 47.4 Å². The van der Waals surface area contributed by atoms with E-state index in [0.29, 0.717) is 6.04 Å². The van der Waals surface area contributed by atoms with E-state index in [-0.39, 0.29) is 0 Å². The highest BCUT2D eigenvalue weighted by Gasteiger charge is 2.12. The van der Waals surface area contributed by atoms with Crippen LogP contribution in [0.25, 0.3) is 0 Å². The Labute approximate surface area is 122 Å². The van der Waals surface area contributed by atoms with Crippen LogP contribution in [-0.2, 0) is 0 Å². The van der Waals surface area contributed by atoms with Gasteiger partial charge in [-0.15, -0.1) is 23.1 Å². The second kappa shape index (κ2) is 7.19. The van der Waals surface area contributed by atoms with Crippen molar-refractivity contribution in [3.8, 4) is 0 Å². The Balaban J connectivity index is 1.98. The maximum absolute atomic E-state index is 6.01. The van der Waals surface area contributed by atoms with Crippen LogP contribution in [-0.4, -0.2) is 12.3 Å². The van der Waals surface area contributed by atoms with Gasteiger partial charge in [-0.2, -0.15) is 0 Å². The van der Waals surface area contributed by atoms with Crippen LogP contribution >= 0.6 is 34.7 Å². The normalized spacial score (nSPS) is 12.6. The van der Waals surface area contributed by atoms with Crippen LogP contribution in [0.1, 0.15) is 17.8 Å². The molecule has 4 heteroatoms. The second-order valence-corrected chi connectivity index (χ2v) is 6.72. The van der Waals surface area contributed by atoms with E-state index >= 15 is 0 Å². The average molecular weight is 298 g/mol. The molecule has 0 aliphatic rings. The zero-order valence-corrected chi connectivity index (χ0v) is 12.6. The first kappa shape index (κ1) is 13.9. The smallest absolute Gasteiger partial charge is 0.0931 e. The molecule has 0 bridgehead atoms. The fourth-order valence-corrected chi connectivity index (χ4v) is 3.95. The van der Waals surface area contributed by atoms with Crippen molar-refractivity contribution >= 4 is 34.7 Å². The van der Waals surface area contributed by atoms with Crippen molar-refractivity contribution in [3.05, 3.63) is 51.7 Å². The van der Waals surface area contributed by atoms with Crippen LogP contribution < -0.4 is 5.32 Å². The Hall–Kier alpha value is -0.480. The van der Waals surface area contributed by atoms with E-state index in [1.54, 1.807) is 11.3 Å². The molecule has 0 aliphatic carbocycles. The zero-order valence-electron chi connectivity index (χ0n) is 10.2. The molecule has 0 saturated carbocycles. The van der Waals surface area contributed by atoms with E-state index < -0.39 is 0 Å². The Bertz CT molecular complexity index is 470. The van der Waals surface area contributed by atoms with E-state index in [0.717, 1.165) is 16.6 Å². The summed E-state index contributed by atoms with van der Waals surface area (Å²) in [6.45, 7) is 3.10. The topological polar surface area (TPSA) is 12.0 Å². The molecule has 1 aromatic carbocycles. The fraction of sp³-hybridized carbons (Fsp3) is 0.286. The maximum Gasteiger partial charge on any atom is 0.0931 e. The number of thioether (sulfide) groups is 1. The van der Waals surface area contributed by atoms with Crippen LogP contribution in [0.2, 0.25) is 4.34 Å². The third-order valence-corrected chi connectivity index (χ3v) is 5.00. The van der Waals surface area contributed by atoms with Gasteiger partial charge in [0.05, 0.1) is 10.4 Å². The minimum absolute atomic E-state index is 0.373. The summed E-state index contributed by atoms with van der Waals surface area (Å²) in [6.07, 6.45) is 0. The standard InChI is InChI=1S/C14H16ClNS2/c1-2-16-12(13-8-9-14(15)18-13)10-17-11-6-4-3-5-7-11/h3-9,12,16H,2,10H2,1H3. The predicted octanol–water partition coefficient (Wildman–Crippen LogP) is 4.84. The summed E-state index contributed by atoms with van der Waals surface area (Å²) < 4.78 is 0.859. The van der Waals surface area contributed by atoms with Gasteiger partial charge in [0.15, 0.2) is 0 Å². The Morgan fingerprint density at radius 1 is 1.22 bits per heavy atom. The van der Waals surface area contributed by atoms with Crippen molar-refractivity contribution in [1.29, 1.82) is 0 Å². The molecule has 18 heavy (non-hydrogen) atoms. The van der Waals surface area contributed by atoms with E-state index in [1.165, 1.54) is 9.77 Å². The largest absolute Gasteiger partial charge is 0.309 e. The number of hydrogen-bond donors (Lipinski definition) is 1. The maximum atomic E-state index is 6.01. The first-order chi connectivity index (χ1) is 8.79. The van der Waals surface area contributed by atoms with Crippen LogP contribution in [0, 0.1) is 0 Å². The summed E-state index contributed by atoms with van der Waals surface area (Å²) in [7, 11) is 0. The molecule has 0 fully saturated rings. The number of benzene rings is 1. The molecule has 0 radical (unpaired) electrons. The molecular formula is C14H16ClNS2. The number of thiophene rings is 1. The van der Waals surface area contributed by atoms with Gasteiger partial charge in [0.2, 0.25) is 0 Å². The summed E-state index contributed by atoms with van der Waals surface area (Å²) in [5, 5.41) is 3.51. The highest BCUT2D eigenvalue weighted by molar-refractivity contribution is 7.99. The number of hydrogen-bond acceptors (Lipinski definition) is 3.